The largest absolute Gasteiger partial charge is 0.305 e. The molecular weight excluding hydrogens is 377 g/mol. The summed E-state index contributed by atoms with van der Waals surface area (Å²) in [5.41, 5.74) is 2.96. The van der Waals surface area contributed by atoms with Crippen molar-refractivity contribution in [1.82, 2.24) is 10.2 Å². The Morgan fingerprint density at radius 2 is 1.86 bits per heavy atom. The van der Waals surface area contributed by atoms with E-state index in [1.807, 2.05) is 32.0 Å². The van der Waals surface area contributed by atoms with Crippen LogP contribution < -0.4 is 5.32 Å². The Morgan fingerprint density at radius 3 is 2.54 bits per heavy atom. The van der Waals surface area contributed by atoms with Crippen molar-refractivity contribution in [3.05, 3.63) is 82.7 Å². The number of hydrogen-bond acceptors (Lipinski definition) is 5. The molecule has 3 aromatic rings. The summed E-state index contributed by atoms with van der Waals surface area (Å²) >= 11 is 1.28. The zero-order chi connectivity index (χ0) is 20.1. The van der Waals surface area contributed by atoms with Gasteiger partial charge in [-0.3, -0.25) is 9.59 Å². The molecular formula is C21H18FN3O2S. The van der Waals surface area contributed by atoms with Gasteiger partial charge in [0.1, 0.15) is 10.8 Å². The summed E-state index contributed by atoms with van der Waals surface area (Å²) in [6, 6.07) is 14.4. The Labute approximate surface area is 166 Å². The van der Waals surface area contributed by atoms with Gasteiger partial charge in [0.15, 0.2) is 11.6 Å². The van der Waals surface area contributed by atoms with Crippen molar-refractivity contribution in [3.63, 3.8) is 0 Å². The third-order valence-electron chi connectivity index (χ3n) is 4.00. The van der Waals surface area contributed by atoms with Gasteiger partial charge in [0.05, 0.1) is 5.75 Å². The van der Waals surface area contributed by atoms with E-state index in [0.717, 1.165) is 17.2 Å². The molecule has 3 rings (SSSR count). The first-order valence-electron chi connectivity index (χ1n) is 8.56. The number of ketones is 1. The van der Waals surface area contributed by atoms with Crippen LogP contribution in [0.4, 0.5) is 10.2 Å². The second kappa shape index (κ2) is 8.75. The molecule has 0 bridgehead atoms. The van der Waals surface area contributed by atoms with Crippen molar-refractivity contribution in [2.45, 2.75) is 18.9 Å². The normalized spacial score (nSPS) is 10.5. The molecule has 0 aliphatic rings. The number of aromatic nitrogens is 2. The smallest absolute Gasteiger partial charge is 0.256 e. The number of anilines is 1. The summed E-state index contributed by atoms with van der Waals surface area (Å²) in [5.74, 6) is -0.446. The van der Waals surface area contributed by atoms with E-state index in [9.17, 15) is 14.0 Å². The topological polar surface area (TPSA) is 72.0 Å². The number of benzene rings is 2. The van der Waals surface area contributed by atoms with Crippen LogP contribution in [0.25, 0.3) is 0 Å². The van der Waals surface area contributed by atoms with Gasteiger partial charge in [0.2, 0.25) is 0 Å². The lowest BCUT2D eigenvalue weighted by atomic mass is 10.0. The third-order valence-corrected chi connectivity index (χ3v) is 4.92. The molecule has 0 spiro atoms. The zero-order valence-electron chi connectivity index (χ0n) is 15.4. The molecule has 28 heavy (non-hydrogen) atoms. The van der Waals surface area contributed by atoms with Crippen LogP contribution in [-0.4, -0.2) is 27.6 Å². The molecule has 0 aliphatic heterocycles. The predicted octanol–water partition coefficient (Wildman–Crippen LogP) is 4.46. The lowest BCUT2D eigenvalue weighted by Gasteiger charge is -2.06. The highest BCUT2D eigenvalue weighted by molar-refractivity contribution is 7.99. The number of nitrogens with one attached hydrogen (secondary N) is 1. The molecule has 142 valence electrons. The van der Waals surface area contributed by atoms with E-state index in [0.29, 0.717) is 10.6 Å². The first-order valence-corrected chi connectivity index (χ1v) is 9.55. The molecule has 1 heterocycles. The number of amides is 1. The second-order valence-electron chi connectivity index (χ2n) is 6.25. The highest BCUT2D eigenvalue weighted by Crippen LogP contribution is 2.19. The molecule has 1 N–H and O–H groups in total. The van der Waals surface area contributed by atoms with Gasteiger partial charge in [-0.05, 0) is 49.7 Å². The van der Waals surface area contributed by atoms with E-state index >= 15 is 0 Å². The maximum atomic E-state index is 13.2. The average Bonchev–Trinajstić information content (AvgIpc) is 2.67. The zero-order valence-corrected chi connectivity index (χ0v) is 16.2. The van der Waals surface area contributed by atoms with E-state index in [4.69, 9.17) is 0 Å². The van der Waals surface area contributed by atoms with Gasteiger partial charge in [0.25, 0.3) is 5.91 Å². The molecule has 5 nitrogen and oxygen atoms in total. The van der Waals surface area contributed by atoms with Crippen molar-refractivity contribution in [1.29, 1.82) is 0 Å². The summed E-state index contributed by atoms with van der Waals surface area (Å²) in [7, 11) is 0. The van der Waals surface area contributed by atoms with Gasteiger partial charge < -0.3 is 5.32 Å². The number of nitrogens with zero attached hydrogens (tertiary/aromatic N) is 2. The second-order valence-corrected chi connectivity index (χ2v) is 7.25. The van der Waals surface area contributed by atoms with Crippen LogP contribution in [0.15, 0.2) is 59.6 Å². The molecule has 2 aromatic carbocycles. The highest BCUT2D eigenvalue weighted by atomic mass is 32.2. The summed E-state index contributed by atoms with van der Waals surface area (Å²) in [6.07, 6.45) is 0. The number of thioether (sulfide) groups is 1. The van der Waals surface area contributed by atoms with E-state index in [-0.39, 0.29) is 22.9 Å². The van der Waals surface area contributed by atoms with Crippen molar-refractivity contribution in [2.24, 2.45) is 0 Å². The molecule has 0 saturated carbocycles. The number of aryl methyl sites for hydroxylation is 2. The number of Topliss-reactive ketones (excluding diaryl/α,β-unsaturated/α-hetero) is 1. The van der Waals surface area contributed by atoms with E-state index in [1.54, 1.807) is 12.1 Å². The maximum Gasteiger partial charge on any atom is 0.256 e. The quantitative estimate of drug-likeness (QED) is 0.493. The molecule has 0 atom stereocenters. The first kappa shape index (κ1) is 19.7. The number of halogens is 1. The average molecular weight is 395 g/mol. The van der Waals surface area contributed by atoms with Crippen LogP contribution in [0.1, 0.15) is 31.8 Å². The minimum Gasteiger partial charge on any atom is -0.305 e. The number of hydrogen-bond donors (Lipinski definition) is 1. The molecule has 0 saturated heterocycles. The van der Waals surface area contributed by atoms with Crippen LogP contribution in [-0.2, 0) is 0 Å². The molecule has 0 aliphatic carbocycles. The Morgan fingerprint density at radius 1 is 1.04 bits per heavy atom. The fraction of sp³-hybridized carbons (Fsp3) is 0.143. The molecule has 0 fully saturated rings. The standard InChI is InChI=1S/C21H18FN3O2S/c1-13-6-7-17(14(2)10-13)18(26)12-28-20-9-8-19(24-25-20)23-21(27)15-4-3-5-16(22)11-15/h3-11H,12H2,1-2H3,(H,23,24,27). The number of rotatable bonds is 6. The van der Waals surface area contributed by atoms with E-state index in [2.05, 4.69) is 15.5 Å². The van der Waals surface area contributed by atoms with Gasteiger partial charge >= 0.3 is 0 Å². The highest BCUT2D eigenvalue weighted by Gasteiger charge is 2.11. The van der Waals surface area contributed by atoms with Crippen molar-refractivity contribution in [3.8, 4) is 0 Å². The van der Waals surface area contributed by atoms with Gasteiger partial charge in [-0.15, -0.1) is 10.2 Å². The fourth-order valence-corrected chi connectivity index (χ4v) is 3.32. The van der Waals surface area contributed by atoms with E-state index < -0.39 is 11.7 Å². The summed E-state index contributed by atoms with van der Waals surface area (Å²) in [4.78, 5) is 24.5. The predicted molar refractivity (Wildman–Crippen MR) is 107 cm³/mol. The minimum atomic E-state index is -0.487. The lowest BCUT2D eigenvalue weighted by Crippen LogP contribution is -2.13. The number of carbonyl (C=O) groups is 2. The molecule has 1 aromatic heterocycles. The third kappa shape index (κ3) is 5.01. The van der Waals surface area contributed by atoms with Gasteiger partial charge in [0, 0.05) is 11.1 Å². The minimum absolute atomic E-state index is 0.0211. The molecule has 0 unspecified atom stereocenters. The molecule has 7 heteroatoms. The first-order chi connectivity index (χ1) is 13.4. The van der Waals surface area contributed by atoms with Crippen LogP contribution in [0.2, 0.25) is 0 Å². The van der Waals surface area contributed by atoms with Gasteiger partial charge in [-0.25, -0.2) is 4.39 Å². The lowest BCUT2D eigenvalue weighted by molar-refractivity contribution is 0.101. The monoisotopic (exact) mass is 395 g/mol. The summed E-state index contributed by atoms with van der Waals surface area (Å²) in [6.45, 7) is 3.90. The Kier molecular flexibility index (Phi) is 6.16. The van der Waals surface area contributed by atoms with Crippen LogP contribution in [0.5, 0.6) is 0 Å². The van der Waals surface area contributed by atoms with Crippen LogP contribution in [0.3, 0.4) is 0 Å². The van der Waals surface area contributed by atoms with Crippen LogP contribution >= 0.6 is 11.8 Å². The Bertz CT molecular complexity index is 1020. The Hall–Kier alpha value is -3.06. The maximum absolute atomic E-state index is 13.2. The van der Waals surface area contributed by atoms with Gasteiger partial charge in [-0.2, -0.15) is 0 Å². The SMILES string of the molecule is Cc1ccc(C(=O)CSc2ccc(NC(=O)c3cccc(F)c3)nn2)c(C)c1. The molecule has 1 amide bonds. The van der Waals surface area contributed by atoms with Crippen molar-refractivity contribution in [2.75, 3.05) is 11.1 Å². The van der Waals surface area contributed by atoms with Crippen molar-refractivity contribution < 1.29 is 14.0 Å². The Balaban J connectivity index is 1.58. The summed E-state index contributed by atoms with van der Waals surface area (Å²) < 4.78 is 13.2. The fourth-order valence-electron chi connectivity index (χ4n) is 2.63. The van der Waals surface area contributed by atoms with E-state index in [1.165, 1.54) is 30.0 Å². The molecule has 0 radical (unpaired) electrons. The van der Waals surface area contributed by atoms with Crippen LogP contribution in [0, 0.1) is 19.7 Å². The number of carbonyl (C=O) groups excluding carboxylic acids is 2. The summed E-state index contributed by atoms with van der Waals surface area (Å²) in [5, 5.41) is 11.1. The van der Waals surface area contributed by atoms with Crippen molar-refractivity contribution >= 4 is 29.3 Å². The van der Waals surface area contributed by atoms with Gasteiger partial charge in [-0.1, -0.05) is 41.6 Å².